The summed E-state index contributed by atoms with van der Waals surface area (Å²) in [4.78, 5) is 4.76. The van der Waals surface area contributed by atoms with E-state index >= 15 is 0 Å². The molecule has 2 aromatic rings. The van der Waals surface area contributed by atoms with Crippen molar-refractivity contribution < 1.29 is 0 Å². The van der Waals surface area contributed by atoms with Crippen LogP contribution in [-0.2, 0) is 0 Å². The van der Waals surface area contributed by atoms with Crippen molar-refractivity contribution in [1.82, 2.24) is 4.98 Å². The molecule has 0 saturated heterocycles. The minimum absolute atomic E-state index is 0.0997. The van der Waals surface area contributed by atoms with E-state index in [2.05, 4.69) is 30.3 Å². The number of hydrogen-bond donors (Lipinski definition) is 1. The van der Waals surface area contributed by atoms with Crippen molar-refractivity contribution in [2.75, 3.05) is 0 Å². The van der Waals surface area contributed by atoms with E-state index in [-0.39, 0.29) is 6.04 Å². The number of nitrogens with zero attached hydrogens (tertiary/aromatic N) is 1. The molecule has 0 radical (unpaired) electrons. The maximum atomic E-state index is 6.47. The average molecular weight is 254 g/mol. The molecule has 1 atom stereocenters. The van der Waals surface area contributed by atoms with Gasteiger partial charge in [-0.2, -0.15) is 0 Å². The molecule has 1 aliphatic carbocycles. The molecule has 2 nitrogen and oxygen atoms in total. The number of nitrogens with two attached hydrogens (primary N) is 1. The molecular formula is C17H22N2. The molecule has 1 aromatic heterocycles. The monoisotopic (exact) mass is 254 g/mol. The van der Waals surface area contributed by atoms with Gasteiger partial charge in [0.2, 0.25) is 0 Å². The zero-order chi connectivity index (χ0) is 13.1. The van der Waals surface area contributed by atoms with Crippen LogP contribution in [0.5, 0.6) is 0 Å². The Kier molecular flexibility index (Phi) is 3.79. The van der Waals surface area contributed by atoms with Gasteiger partial charge in [0.15, 0.2) is 0 Å². The summed E-state index contributed by atoms with van der Waals surface area (Å²) in [6, 6.07) is 12.6. The normalized spacial score (nSPS) is 19.2. The van der Waals surface area contributed by atoms with E-state index in [0.29, 0.717) is 5.92 Å². The molecule has 0 aliphatic heterocycles. The number of pyridine rings is 1. The molecule has 1 fully saturated rings. The Morgan fingerprint density at radius 2 is 1.68 bits per heavy atom. The number of rotatable bonds is 2. The lowest BCUT2D eigenvalue weighted by molar-refractivity contribution is 0.377. The van der Waals surface area contributed by atoms with E-state index in [1.807, 2.05) is 6.07 Å². The first kappa shape index (κ1) is 12.6. The highest BCUT2D eigenvalue weighted by Gasteiger charge is 2.21. The largest absolute Gasteiger partial charge is 0.322 e. The summed E-state index contributed by atoms with van der Waals surface area (Å²) in [6.07, 6.45) is 7.91. The quantitative estimate of drug-likeness (QED) is 0.815. The van der Waals surface area contributed by atoms with Gasteiger partial charge in [0.25, 0.3) is 0 Å². The molecule has 0 bridgehead atoms. The first-order valence-electron chi connectivity index (χ1n) is 7.46. The summed E-state index contributed by atoms with van der Waals surface area (Å²) < 4.78 is 0. The van der Waals surface area contributed by atoms with Gasteiger partial charge in [-0.05, 0) is 30.9 Å². The van der Waals surface area contributed by atoms with Crippen molar-refractivity contribution in [2.24, 2.45) is 11.7 Å². The molecule has 3 rings (SSSR count). The van der Waals surface area contributed by atoms with Gasteiger partial charge in [0.05, 0.1) is 11.2 Å². The van der Waals surface area contributed by atoms with Crippen LogP contribution < -0.4 is 5.73 Å². The van der Waals surface area contributed by atoms with Crippen LogP contribution in [0.2, 0.25) is 0 Å². The van der Waals surface area contributed by atoms with E-state index in [1.54, 1.807) is 0 Å². The summed E-state index contributed by atoms with van der Waals surface area (Å²) in [5.74, 6) is 0.608. The first-order valence-corrected chi connectivity index (χ1v) is 7.46. The smallest absolute Gasteiger partial charge is 0.0706 e. The van der Waals surface area contributed by atoms with Gasteiger partial charge in [-0.15, -0.1) is 0 Å². The highest BCUT2D eigenvalue weighted by Crippen LogP contribution is 2.31. The van der Waals surface area contributed by atoms with Gasteiger partial charge in [-0.1, -0.05) is 49.9 Å². The zero-order valence-corrected chi connectivity index (χ0v) is 11.4. The fraction of sp³-hybridized carbons (Fsp3) is 0.471. The highest BCUT2D eigenvalue weighted by molar-refractivity contribution is 5.78. The third-order valence-corrected chi connectivity index (χ3v) is 4.37. The van der Waals surface area contributed by atoms with E-state index in [9.17, 15) is 0 Å². The second kappa shape index (κ2) is 5.70. The molecular weight excluding hydrogens is 232 g/mol. The Morgan fingerprint density at radius 1 is 0.947 bits per heavy atom. The summed E-state index contributed by atoms with van der Waals surface area (Å²) in [7, 11) is 0. The Bertz CT molecular complexity index is 542. The van der Waals surface area contributed by atoms with Crippen molar-refractivity contribution in [3.63, 3.8) is 0 Å². The number of aromatic nitrogens is 1. The Hall–Kier alpha value is -1.41. The van der Waals surface area contributed by atoms with Gasteiger partial charge >= 0.3 is 0 Å². The molecule has 1 aromatic carbocycles. The van der Waals surface area contributed by atoms with E-state index in [1.165, 1.54) is 43.9 Å². The molecule has 0 spiro atoms. The first-order chi connectivity index (χ1) is 9.34. The summed E-state index contributed by atoms with van der Waals surface area (Å²) in [6.45, 7) is 0. The van der Waals surface area contributed by atoms with Crippen LogP contribution in [0, 0.1) is 5.92 Å². The summed E-state index contributed by atoms with van der Waals surface area (Å²) in [5, 5.41) is 1.19. The number of para-hydroxylation sites is 1. The molecule has 1 saturated carbocycles. The molecule has 100 valence electrons. The molecule has 2 N–H and O–H groups in total. The number of benzene rings is 1. The highest BCUT2D eigenvalue weighted by atomic mass is 14.8. The summed E-state index contributed by atoms with van der Waals surface area (Å²) in [5.41, 5.74) is 8.59. The van der Waals surface area contributed by atoms with Gasteiger partial charge in [0.1, 0.15) is 0 Å². The van der Waals surface area contributed by atoms with Gasteiger partial charge in [-0.3, -0.25) is 4.98 Å². The topological polar surface area (TPSA) is 38.9 Å². The predicted molar refractivity (Wildman–Crippen MR) is 79.9 cm³/mol. The van der Waals surface area contributed by atoms with E-state index in [4.69, 9.17) is 10.7 Å². The van der Waals surface area contributed by atoms with Gasteiger partial charge < -0.3 is 5.73 Å². The lowest BCUT2D eigenvalue weighted by atomic mass is 9.90. The van der Waals surface area contributed by atoms with Crippen molar-refractivity contribution in [2.45, 2.75) is 44.6 Å². The van der Waals surface area contributed by atoms with Crippen molar-refractivity contribution >= 4 is 10.9 Å². The van der Waals surface area contributed by atoms with Crippen LogP contribution in [0.4, 0.5) is 0 Å². The Morgan fingerprint density at radius 3 is 2.47 bits per heavy atom. The minimum Gasteiger partial charge on any atom is -0.322 e. The Balaban J connectivity index is 1.85. The molecule has 2 heteroatoms. The third-order valence-electron chi connectivity index (χ3n) is 4.37. The van der Waals surface area contributed by atoms with Crippen LogP contribution >= 0.6 is 0 Å². The molecule has 1 aliphatic rings. The Labute approximate surface area is 115 Å². The average Bonchev–Trinajstić information content (AvgIpc) is 2.75. The fourth-order valence-corrected chi connectivity index (χ4v) is 3.18. The predicted octanol–water partition coefficient (Wildman–Crippen LogP) is 4.21. The maximum Gasteiger partial charge on any atom is 0.0706 e. The number of fused-ring (bicyclic) bond motifs is 1. The van der Waals surface area contributed by atoms with E-state index < -0.39 is 0 Å². The van der Waals surface area contributed by atoms with Crippen LogP contribution in [0.1, 0.15) is 50.3 Å². The fourth-order valence-electron chi connectivity index (χ4n) is 3.18. The van der Waals surface area contributed by atoms with Crippen LogP contribution in [0.3, 0.4) is 0 Å². The van der Waals surface area contributed by atoms with Gasteiger partial charge in [0, 0.05) is 11.4 Å². The second-order valence-electron chi connectivity index (χ2n) is 5.71. The SMILES string of the molecule is NC(c1ccc2ccccc2n1)C1CCCCCC1. The van der Waals surface area contributed by atoms with E-state index in [0.717, 1.165) is 11.2 Å². The van der Waals surface area contributed by atoms with Gasteiger partial charge in [-0.25, -0.2) is 0 Å². The second-order valence-corrected chi connectivity index (χ2v) is 5.71. The third kappa shape index (κ3) is 2.79. The zero-order valence-electron chi connectivity index (χ0n) is 11.4. The molecule has 0 amide bonds. The lowest BCUT2D eigenvalue weighted by Crippen LogP contribution is -2.22. The molecule has 1 heterocycles. The van der Waals surface area contributed by atoms with Crippen molar-refractivity contribution in [3.8, 4) is 0 Å². The van der Waals surface area contributed by atoms with Crippen molar-refractivity contribution in [1.29, 1.82) is 0 Å². The summed E-state index contributed by atoms with van der Waals surface area (Å²) >= 11 is 0. The maximum absolute atomic E-state index is 6.47. The van der Waals surface area contributed by atoms with Crippen LogP contribution in [-0.4, -0.2) is 4.98 Å². The van der Waals surface area contributed by atoms with Crippen LogP contribution in [0.25, 0.3) is 10.9 Å². The molecule has 19 heavy (non-hydrogen) atoms. The number of hydrogen-bond acceptors (Lipinski definition) is 2. The molecule has 1 unspecified atom stereocenters. The van der Waals surface area contributed by atoms with Crippen LogP contribution in [0.15, 0.2) is 36.4 Å². The minimum atomic E-state index is 0.0997. The lowest BCUT2D eigenvalue weighted by Gasteiger charge is -2.22. The van der Waals surface area contributed by atoms with Crippen molar-refractivity contribution in [3.05, 3.63) is 42.1 Å². The standard InChI is InChI=1S/C17H22N2/c18-17(14-8-3-1-2-4-9-14)16-12-11-13-7-5-6-10-15(13)19-16/h5-7,10-12,14,17H,1-4,8-9,18H2.